The van der Waals surface area contributed by atoms with E-state index in [4.69, 9.17) is 16.3 Å². The highest BCUT2D eigenvalue weighted by molar-refractivity contribution is 6.30. The van der Waals surface area contributed by atoms with Crippen molar-refractivity contribution in [3.8, 4) is 5.75 Å². The number of amides is 1. The van der Waals surface area contributed by atoms with Crippen molar-refractivity contribution in [3.63, 3.8) is 0 Å². The number of nitrogens with zero attached hydrogens (tertiary/aromatic N) is 2. The topological polar surface area (TPSA) is 62.7 Å². The minimum atomic E-state index is -0.955. The minimum absolute atomic E-state index is 0.0440. The lowest BCUT2D eigenvalue weighted by atomic mass is 9.96. The van der Waals surface area contributed by atoms with E-state index in [1.807, 2.05) is 25.1 Å². The van der Waals surface area contributed by atoms with Crippen LogP contribution in [0.25, 0.3) is 0 Å². The molecule has 0 radical (unpaired) electrons. The number of halogens is 1. The normalized spacial score (nSPS) is 20.5. The van der Waals surface area contributed by atoms with E-state index in [0.29, 0.717) is 42.3 Å². The van der Waals surface area contributed by atoms with Gasteiger partial charge in [-0.1, -0.05) is 17.7 Å². The summed E-state index contributed by atoms with van der Waals surface area (Å²) in [7, 11) is 0. The fourth-order valence-electron chi connectivity index (χ4n) is 3.08. The van der Waals surface area contributed by atoms with Crippen molar-refractivity contribution in [1.29, 1.82) is 0 Å². The molecule has 26 heavy (non-hydrogen) atoms. The summed E-state index contributed by atoms with van der Waals surface area (Å²) in [6, 6.07) is 10.8. The summed E-state index contributed by atoms with van der Waals surface area (Å²) >= 11 is 5.96. The summed E-state index contributed by atoms with van der Waals surface area (Å²) in [5.74, 6) is 0.589. The smallest absolute Gasteiger partial charge is 0.255 e. The lowest BCUT2D eigenvalue weighted by Gasteiger charge is -2.27. The maximum absolute atomic E-state index is 12.7. The number of carbonyl (C=O) groups excluding carboxylic acids is 1. The number of likely N-dealkylation sites (tertiary alicyclic amines) is 1. The minimum Gasteiger partial charge on any atom is -0.491 e. The third-order valence-electron chi connectivity index (χ3n) is 4.67. The van der Waals surface area contributed by atoms with Crippen LogP contribution in [0.4, 0.5) is 0 Å². The molecule has 1 fully saturated rings. The zero-order chi connectivity index (χ0) is 18.6. The molecule has 1 aliphatic heterocycles. The van der Waals surface area contributed by atoms with Crippen molar-refractivity contribution >= 4 is 17.5 Å². The average Bonchev–Trinajstić information content (AvgIpc) is 2.83. The van der Waals surface area contributed by atoms with Gasteiger partial charge in [-0.3, -0.25) is 9.78 Å². The fraction of sp³-hybridized carbons (Fsp3) is 0.400. The van der Waals surface area contributed by atoms with Crippen molar-refractivity contribution in [3.05, 3.63) is 58.9 Å². The molecule has 1 atom stereocenters. The monoisotopic (exact) mass is 374 g/mol. The SMILES string of the molecule is Cc1ccc(C(=O)N2CCCC(O)(COc3cccc(Cl)c3)CC2)cn1. The zero-order valence-corrected chi connectivity index (χ0v) is 15.6. The standard InChI is InChI=1S/C20H23ClN2O3/c1-15-6-7-16(13-22-15)19(24)23-10-3-8-20(25,9-11-23)14-26-18-5-2-4-17(21)12-18/h2,4-7,12-13,25H,3,8-11,14H2,1H3. The number of hydrogen-bond donors (Lipinski definition) is 1. The van der Waals surface area contributed by atoms with Gasteiger partial charge in [-0.05, 0) is 56.5 Å². The number of aromatic nitrogens is 1. The summed E-state index contributed by atoms with van der Waals surface area (Å²) in [6.45, 7) is 3.18. The van der Waals surface area contributed by atoms with Crippen molar-refractivity contribution in [1.82, 2.24) is 9.88 Å². The van der Waals surface area contributed by atoms with Gasteiger partial charge in [-0.2, -0.15) is 0 Å². The maximum Gasteiger partial charge on any atom is 0.255 e. The Hall–Kier alpha value is -2.11. The van der Waals surface area contributed by atoms with Gasteiger partial charge in [0, 0.05) is 30.0 Å². The molecule has 2 heterocycles. The van der Waals surface area contributed by atoms with Crippen LogP contribution in [0.2, 0.25) is 5.02 Å². The first-order valence-electron chi connectivity index (χ1n) is 8.78. The first-order valence-corrected chi connectivity index (χ1v) is 9.16. The second-order valence-corrected chi connectivity index (χ2v) is 7.24. The number of ether oxygens (including phenoxy) is 1. The van der Waals surface area contributed by atoms with E-state index in [1.54, 1.807) is 29.3 Å². The quantitative estimate of drug-likeness (QED) is 0.889. The van der Waals surface area contributed by atoms with Crippen molar-refractivity contribution in [2.24, 2.45) is 0 Å². The predicted octanol–water partition coefficient (Wildman–Crippen LogP) is 3.48. The second-order valence-electron chi connectivity index (χ2n) is 6.80. The molecule has 3 rings (SSSR count). The van der Waals surface area contributed by atoms with E-state index >= 15 is 0 Å². The van der Waals surface area contributed by atoms with Crippen molar-refractivity contribution in [2.75, 3.05) is 19.7 Å². The number of aliphatic hydroxyl groups is 1. The van der Waals surface area contributed by atoms with Crippen molar-refractivity contribution in [2.45, 2.75) is 31.8 Å². The third-order valence-corrected chi connectivity index (χ3v) is 4.90. The van der Waals surface area contributed by atoms with Crippen LogP contribution in [-0.2, 0) is 0 Å². The molecule has 1 saturated heterocycles. The van der Waals surface area contributed by atoms with Gasteiger partial charge in [0.15, 0.2) is 0 Å². The van der Waals surface area contributed by atoms with Gasteiger partial charge >= 0.3 is 0 Å². The lowest BCUT2D eigenvalue weighted by Crippen LogP contribution is -2.38. The Kier molecular flexibility index (Phi) is 5.79. The first-order chi connectivity index (χ1) is 12.5. The van der Waals surface area contributed by atoms with E-state index in [1.165, 1.54) is 0 Å². The molecule has 0 bridgehead atoms. The summed E-state index contributed by atoms with van der Waals surface area (Å²) in [4.78, 5) is 18.6. The Morgan fingerprint density at radius 2 is 2.15 bits per heavy atom. The summed E-state index contributed by atoms with van der Waals surface area (Å²) in [5.41, 5.74) is 0.504. The van der Waals surface area contributed by atoms with Crippen molar-refractivity contribution < 1.29 is 14.6 Å². The number of benzene rings is 1. The van der Waals surface area contributed by atoms with Crippen LogP contribution in [0, 0.1) is 6.92 Å². The molecule has 5 nitrogen and oxygen atoms in total. The largest absolute Gasteiger partial charge is 0.491 e. The molecule has 138 valence electrons. The first kappa shape index (κ1) is 18.7. The Bertz CT molecular complexity index is 766. The Morgan fingerprint density at radius 3 is 2.88 bits per heavy atom. The second kappa shape index (κ2) is 8.06. The molecule has 0 saturated carbocycles. The molecule has 1 aliphatic rings. The summed E-state index contributed by atoms with van der Waals surface area (Å²) in [5, 5.41) is 11.5. The van der Waals surface area contributed by atoms with Gasteiger partial charge < -0.3 is 14.7 Å². The number of rotatable bonds is 4. The molecule has 6 heteroatoms. The van der Waals surface area contributed by atoms with Crippen LogP contribution in [0.15, 0.2) is 42.6 Å². The van der Waals surface area contributed by atoms with E-state index < -0.39 is 5.60 Å². The van der Waals surface area contributed by atoms with Gasteiger partial charge in [0.1, 0.15) is 18.0 Å². The molecular weight excluding hydrogens is 352 g/mol. The predicted molar refractivity (Wildman–Crippen MR) is 101 cm³/mol. The van der Waals surface area contributed by atoms with Crippen LogP contribution >= 0.6 is 11.6 Å². The number of pyridine rings is 1. The van der Waals surface area contributed by atoms with Gasteiger partial charge in [-0.25, -0.2) is 0 Å². The zero-order valence-electron chi connectivity index (χ0n) is 14.8. The van der Waals surface area contributed by atoms with Crippen LogP contribution in [0.3, 0.4) is 0 Å². The van der Waals surface area contributed by atoms with Gasteiger partial charge in [0.2, 0.25) is 0 Å². The highest BCUT2D eigenvalue weighted by Crippen LogP contribution is 2.25. The van der Waals surface area contributed by atoms with Crippen LogP contribution < -0.4 is 4.74 Å². The van der Waals surface area contributed by atoms with Crippen LogP contribution in [0.5, 0.6) is 5.75 Å². The number of carbonyl (C=O) groups is 1. The van der Waals surface area contributed by atoms with E-state index in [0.717, 1.165) is 12.1 Å². The van der Waals surface area contributed by atoms with Gasteiger partial charge in [0.25, 0.3) is 5.91 Å². The average molecular weight is 375 g/mol. The Labute approximate surface area is 158 Å². The third kappa shape index (κ3) is 4.74. The Morgan fingerprint density at radius 1 is 1.31 bits per heavy atom. The molecule has 1 N–H and O–H groups in total. The maximum atomic E-state index is 12.7. The van der Waals surface area contributed by atoms with Gasteiger partial charge in [-0.15, -0.1) is 0 Å². The van der Waals surface area contributed by atoms with Crippen LogP contribution in [0.1, 0.15) is 35.3 Å². The lowest BCUT2D eigenvalue weighted by molar-refractivity contribution is -0.0163. The molecule has 1 aromatic carbocycles. The molecule has 1 unspecified atom stereocenters. The number of hydrogen-bond acceptors (Lipinski definition) is 4. The Balaban J connectivity index is 1.59. The summed E-state index contributed by atoms with van der Waals surface area (Å²) in [6.07, 6.45) is 3.39. The molecule has 0 spiro atoms. The highest BCUT2D eigenvalue weighted by Gasteiger charge is 2.32. The molecule has 2 aromatic rings. The van der Waals surface area contributed by atoms with Crippen LogP contribution in [-0.4, -0.2) is 46.2 Å². The van der Waals surface area contributed by atoms with E-state index in [2.05, 4.69) is 4.98 Å². The van der Waals surface area contributed by atoms with Gasteiger partial charge in [0.05, 0.1) is 5.56 Å². The fourth-order valence-corrected chi connectivity index (χ4v) is 3.26. The summed E-state index contributed by atoms with van der Waals surface area (Å²) < 4.78 is 5.73. The van der Waals surface area contributed by atoms with E-state index in [9.17, 15) is 9.90 Å². The molecule has 0 aliphatic carbocycles. The van der Waals surface area contributed by atoms with E-state index in [-0.39, 0.29) is 12.5 Å². The molecular formula is C20H23ClN2O3. The molecule has 1 aromatic heterocycles. The molecule has 1 amide bonds. The number of aryl methyl sites for hydroxylation is 1. The highest BCUT2D eigenvalue weighted by atomic mass is 35.5.